The molecule has 1 rings (SSSR count). The van der Waals surface area contributed by atoms with E-state index in [0.717, 1.165) is 13.0 Å². The Balaban J connectivity index is 2.30. The van der Waals surface area contributed by atoms with Crippen LogP contribution in [0.25, 0.3) is 0 Å². The third-order valence-electron chi connectivity index (χ3n) is 3.09. The first-order valence-corrected chi connectivity index (χ1v) is 6.28. The minimum atomic E-state index is -0.760. The molecule has 1 N–H and O–H groups in total. The van der Waals surface area contributed by atoms with Crippen LogP contribution < -0.4 is 0 Å². The van der Waals surface area contributed by atoms with Crippen LogP contribution >= 0.6 is 0 Å². The molecule has 3 heteroatoms. The van der Waals surface area contributed by atoms with Gasteiger partial charge in [-0.3, -0.25) is 9.69 Å². The summed E-state index contributed by atoms with van der Waals surface area (Å²) >= 11 is 0. The number of carbonyl (C=O) groups is 1. The van der Waals surface area contributed by atoms with Gasteiger partial charge in [-0.15, -0.1) is 6.42 Å². The van der Waals surface area contributed by atoms with Gasteiger partial charge in [0.1, 0.15) is 0 Å². The summed E-state index contributed by atoms with van der Waals surface area (Å²) in [6, 6.07) is 0. The Morgan fingerprint density at radius 3 is 2.88 bits per heavy atom. The SMILES string of the molecule is C#CCN(CCC(=O)O)CCC1=CCCCC1. The van der Waals surface area contributed by atoms with E-state index in [1.807, 2.05) is 4.90 Å². The van der Waals surface area contributed by atoms with Gasteiger partial charge in [0, 0.05) is 13.1 Å². The van der Waals surface area contributed by atoms with Gasteiger partial charge >= 0.3 is 5.97 Å². The van der Waals surface area contributed by atoms with Crippen molar-refractivity contribution in [2.45, 2.75) is 38.5 Å². The highest BCUT2D eigenvalue weighted by molar-refractivity contribution is 5.66. The van der Waals surface area contributed by atoms with Crippen molar-refractivity contribution in [3.05, 3.63) is 11.6 Å². The van der Waals surface area contributed by atoms with E-state index in [4.69, 9.17) is 11.5 Å². The van der Waals surface area contributed by atoms with E-state index in [0.29, 0.717) is 13.1 Å². The van der Waals surface area contributed by atoms with E-state index >= 15 is 0 Å². The Labute approximate surface area is 104 Å². The van der Waals surface area contributed by atoms with Crippen molar-refractivity contribution in [1.29, 1.82) is 0 Å². The molecule has 1 aliphatic rings. The molecule has 0 saturated carbocycles. The smallest absolute Gasteiger partial charge is 0.304 e. The molecular formula is C14H21NO2. The van der Waals surface area contributed by atoms with E-state index in [9.17, 15) is 4.79 Å². The Bertz CT molecular complexity index is 315. The fraction of sp³-hybridized carbons (Fsp3) is 0.643. The lowest BCUT2D eigenvalue weighted by Crippen LogP contribution is -2.28. The van der Waals surface area contributed by atoms with Crippen LogP contribution in [-0.4, -0.2) is 35.6 Å². The minimum Gasteiger partial charge on any atom is -0.481 e. The monoisotopic (exact) mass is 235 g/mol. The Morgan fingerprint density at radius 1 is 1.47 bits per heavy atom. The zero-order valence-corrected chi connectivity index (χ0v) is 10.3. The summed E-state index contributed by atoms with van der Waals surface area (Å²) in [6.45, 7) is 1.97. The number of hydrogen-bond acceptors (Lipinski definition) is 2. The van der Waals surface area contributed by atoms with Crippen LogP contribution in [0.1, 0.15) is 38.5 Å². The second-order valence-corrected chi connectivity index (χ2v) is 4.48. The molecule has 0 bridgehead atoms. The normalized spacial score (nSPS) is 15.4. The molecule has 1 aliphatic carbocycles. The third-order valence-corrected chi connectivity index (χ3v) is 3.09. The highest BCUT2D eigenvalue weighted by Gasteiger charge is 2.09. The van der Waals surface area contributed by atoms with Crippen LogP contribution in [0.3, 0.4) is 0 Å². The molecular weight excluding hydrogens is 214 g/mol. The first-order chi connectivity index (χ1) is 8.22. The largest absolute Gasteiger partial charge is 0.481 e. The van der Waals surface area contributed by atoms with Crippen LogP contribution in [-0.2, 0) is 4.79 Å². The van der Waals surface area contributed by atoms with Gasteiger partial charge in [-0.2, -0.15) is 0 Å². The number of allylic oxidation sites excluding steroid dienone is 1. The van der Waals surface area contributed by atoms with Crippen LogP contribution in [0.2, 0.25) is 0 Å². The Morgan fingerprint density at radius 2 is 2.29 bits per heavy atom. The summed E-state index contributed by atoms with van der Waals surface area (Å²) in [5.74, 6) is 1.83. The second kappa shape index (κ2) is 7.92. The second-order valence-electron chi connectivity index (χ2n) is 4.48. The molecule has 0 amide bonds. The number of terminal acetylenes is 1. The number of carboxylic acid groups (broad SMARTS) is 1. The molecule has 0 aliphatic heterocycles. The van der Waals surface area contributed by atoms with Crippen molar-refractivity contribution in [3.8, 4) is 12.3 Å². The number of carboxylic acids is 1. The van der Waals surface area contributed by atoms with Gasteiger partial charge in [0.2, 0.25) is 0 Å². The lowest BCUT2D eigenvalue weighted by molar-refractivity contribution is -0.137. The minimum absolute atomic E-state index is 0.167. The molecule has 0 unspecified atom stereocenters. The zero-order chi connectivity index (χ0) is 12.5. The van der Waals surface area contributed by atoms with E-state index < -0.39 is 5.97 Å². The van der Waals surface area contributed by atoms with Gasteiger partial charge in [0.15, 0.2) is 0 Å². The topological polar surface area (TPSA) is 40.5 Å². The quantitative estimate of drug-likeness (QED) is 0.543. The maximum Gasteiger partial charge on any atom is 0.304 e. The highest BCUT2D eigenvalue weighted by Crippen LogP contribution is 2.20. The van der Waals surface area contributed by atoms with Gasteiger partial charge in [-0.05, 0) is 32.1 Å². The number of aliphatic carboxylic acids is 1. The summed E-state index contributed by atoms with van der Waals surface area (Å²) in [7, 11) is 0. The van der Waals surface area contributed by atoms with Crippen molar-refractivity contribution in [3.63, 3.8) is 0 Å². The average molecular weight is 235 g/mol. The summed E-state index contributed by atoms with van der Waals surface area (Å²) in [5.41, 5.74) is 1.51. The van der Waals surface area contributed by atoms with Crippen molar-refractivity contribution in [2.75, 3.05) is 19.6 Å². The van der Waals surface area contributed by atoms with Gasteiger partial charge in [-0.25, -0.2) is 0 Å². The average Bonchev–Trinajstić information content (AvgIpc) is 2.34. The lowest BCUT2D eigenvalue weighted by atomic mass is 9.97. The zero-order valence-electron chi connectivity index (χ0n) is 10.3. The number of nitrogens with zero attached hydrogens (tertiary/aromatic N) is 1. The molecule has 0 fully saturated rings. The molecule has 94 valence electrons. The van der Waals surface area contributed by atoms with Crippen LogP contribution in [0.5, 0.6) is 0 Å². The van der Waals surface area contributed by atoms with E-state index in [-0.39, 0.29) is 6.42 Å². The van der Waals surface area contributed by atoms with Crippen molar-refractivity contribution < 1.29 is 9.90 Å². The molecule has 0 saturated heterocycles. The molecule has 3 nitrogen and oxygen atoms in total. The first-order valence-electron chi connectivity index (χ1n) is 6.28. The molecule has 0 atom stereocenters. The maximum absolute atomic E-state index is 10.5. The van der Waals surface area contributed by atoms with Crippen LogP contribution in [0.4, 0.5) is 0 Å². The van der Waals surface area contributed by atoms with Gasteiger partial charge < -0.3 is 5.11 Å². The molecule has 0 aromatic heterocycles. The molecule has 0 aromatic rings. The third kappa shape index (κ3) is 6.13. The molecule has 0 radical (unpaired) electrons. The summed E-state index contributed by atoms with van der Waals surface area (Å²) in [6.07, 6.45) is 13.8. The number of hydrogen-bond donors (Lipinski definition) is 1. The maximum atomic E-state index is 10.5. The molecule has 17 heavy (non-hydrogen) atoms. The summed E-state index contributed by atoms with van der Waals surface area (Å²) in [4.78, 5) is 12.6. The van der Waals surface area contributed by atoms with E-state index in [2.05, 4.69) is 12.0 Å². The summed E-state index contributed by atoms with van der Waals surface area (Å²) < 4.78 is 0. The standard InChI is InChI=1S/C14H21NO2/c1-2-10-15(12-9-14(16)17)11-8-13-6-4-3-5-7-13/h1,6H,3-5,7-12H2,(H,16,17). The van der Waals surface area contributed by atoms with Crippen molar-refractivity contribution >= 4 is 5.97 Å². The number of rotatable bonds is 7. The predicted octanol–water partition coefficient (Wildman–Crippen LogP) is 2.29. The molecule has 0 heterocycles. The Kier molecular flexibility index (Phi) is 6.42. The first kappa shape index (κ1) is 13.8. The van der Waals surface area contributed by atoms with E-state index in [1.165, 1.54) is 31.3 Å². The van der Waals surface area contributed by atoms with Crippen LogP contribution in [0.15, 0.2) is 11.6 Å². The van der Waals surface area contributed by atoms with Crippen molar-refractivity contribution in [2.24, 2.45) is 0 Å². The fourth-order valence-electron chi connectivity index (χ4n) is 2.09. The molecule has 0 spiro atoms. The predicted molar refractivity (Wildman–Crippen MR) is 68.7 cm³/mol. The van der Waals surface area contributed by atoms with Crippen LogP contribution in [0, 0.1) is 12.3 Å². The molecule has 0 aromatic carbocycles. The highest BCUT2D eigenvalue weighted by atomic mass is 16.4. The van der Waals surface area contributed by atoms with Gasteiger partial charge in [-0.1, -0.05) is 17.6 Å². The Hall–Kier alpha value is -1.27. The lowest BCUT2D eigenvalue weighted by Gasteiger charge is -2.20. The van der Waals surface area contributed by atoms with Gasteiger partial charge in [0.25, 0.3) is 0 Å². The summed E-state index contributed by atoms with van der Waals surface area (Å²) in [5, 5.41) is 8.66. The van der Waals surface area contributed by atoms with E-state index in [1.54, 1.807) is 0 Å². The fourth-order valence-corrected chi connectivity index (χ4v) is 2.09. The van der Waals surface area contributed by atoms with Crippen molar-refractivity contribution in [1.82, 2.24) is 4.90 Å². The van der Waals surface area contributed by atoms with Gasteiger partial charge in [0.05, 0.1) is 13.0 Å².